The quantitative estimate of drug-likeness (QED) is 0.718. The van der Waals surface area contributed by atoms with Crippen LogP contribution in [-0.2, 0) is 15.0 Å². The molecule has 1 heterocycles. The number of amides is 3. The predicted molar refractivity (Wildman–Crippen MR) is 80.4 cm³/mol. The molecule has 0 aromatic carbocycles. The molecule has 0 aliphatic heterocycles. The van der Waals surface area contributed by atoms with Gasteiger partial charge in [-0.2, -0.15) is 0 Å². The molecular weight excluding hydrogens is 292 g/mol. The van der Waals surface area contributed by atoms with Gasteiger partial charge >= 0.3 is 12.0 Å². The molecule has 0 aliphatic carbocycles. The second kappa shape index (κ2) is 7.78. The van der Waals surface area contributed by atoms with Crippen molar-refractivity contribution in [3.05, 3.63) is 22.4 Å². The maximum absolute atomic E-state index is 11.6. The number of hydrogen-bond donors (Lipinski definition) is 3. The van der Waals surface area contributed by atoms with Gasteiger partial charge in [-0.15, -0.1) is 11.3 Å². The molecule has 0 unspecified atom stereocenters. The first kappa shape index (κ1) is 17.2. The summed E-state index contributed by atoms with van der Waals surface area (Å²) < 4.78 is 0. The Morgan fingerprint density at radius 1 is 1.29 bits per heavy atom. The summed E-state index contributed by atoms with van der Waals surface area (Å²) in [7, 11) is 0. The van der Waals surface area contributed by atoms with Gasteiger partial charge in [-0.1, -0.05) is 19.9 Å². The molecule has 1 aromatic heterocycles. The van der Waals surface area contributed by atoms with Crippen molar-refractivity contribution >= 4 is 29.2 Å². The predicted octanol–water partition coefficient (Wildman–Crippen LogP) is 2.11. The Balaban J connectivity index is 2.30. The minimum absolute atomic E-state index is 0.0219. The first-order chi connectivity index (χ1) is 9.81. The third kappa shape index (κ3) is 6.40. The number of carboxylic acids is 1. The minimum atomic E-state index is -0.954. The van der Waals surface area contributed by atoms with Crippen LogP contribution in [0.1, 0.15) is 38.0 Å². The van der Waals surface area contributed by atoms with Crippen LogP contribution in [0.25, 0.3) is 0 Å². The summed E-state index contributed by atoms with van der Waals surface area (Å²) in [5.74, 6) is -1.42. The molecule has 0 aliphatic rings. The van der Waals surface area contributed by atoms with Gasteiger partial charge in [0.05, 0.1) is 0 Å². The fraction of sp³-hybridized carbons (Fsp3) is 0.500. The molecule has 0 spiro atoms. The second-order valence-corrected chi connectivity index (χ2v) is 6.29. The Kier molecular flexibility index (Phi) is 6.36. The fourth-order valence-electron chi connectivity index (χ4n) is 1.69. The molecular formula is C14H20N2O4S. The monoisotopic (exact) mass is 312 g/mol. The Morgan fingerprint density at radius 3 is 2.57 bits per heavy atom. The summed E-state index contributed by atoms with van der Waals surface area (Å²) in [5.41, 5.74) is -0.210. The van der Waals surface area contributed by atoms with Crippen LogP contribution < -0.4 is 10.6 Å². The molecule has 3 N–H and O–H groups in total. The van der Waals surface area contributed by atoms with Gasteiger partial charge in [-0.25, -0.2) is 4.79 Å². The van der Waals surface area contributed by atoms with Crippen LogP contribution in [0.2, 0.25) is 0 Å². The zero-order valence-corrected chi connectivity index (χ0v) is 13.0. The number of urea groups is 1. The first-order valence-electron chi connectivity index (χ1n) is 6.65. The van der Waals surface area contributed by atoms with Gasteiger partial charge < -0.3 is 10.4 Å². The lowest BCUT2D eigenvalue weighted by atomic mass is 9.91. The molecule has 0 atom stereocenters. The first-order valence-corrected chi connectivity index (χ1v) is 7.53. The summed E-state index contributed by atoms with van der Waals surface area (Å²) in [6, 6.07) is 3.40. The molecule has 0 saturated heterocycles. The van der Waals surface area contributed by atoms with E-state index in [0.29, 0.717) is 6.54 Å². The normalized spacial score (nSPS) is 11.0. The third-order valence-corrected chi connectivity index (χ3v) is 4.16. The van der Waals surface area contributed by atoms with Crippen LogP contribution in [0.4, 0.5) is 4.79 Å². The van der Waals surface area contributed by atoms with Crippen LogP contribution in [-0.4, -0.2) is 29.6 Å². The number of carboxylic acid groups (broad SMARTS) is 1. The number of imide groups is 1. The molecule has 0 fully saturated rings. The maximum atomic E-state index is 11.6. The van der Waals surface area contributed by atoms with Gasteiger partial charge in [0.2, 0.25) is 5.91 Å². The highest BCUT2D eigenvalue weighted by atomic mass is 32.1. The van der Waals surface area contributed by atoms with E-state index in [4.69, 9.17) is 5.11 Å². The number of thiophene rings is 1. The van der Waals surface area contributed by atoms with Crippen molar-refractivity contribution in [1.82, 2.24) is 10.6 Å². The third-order valence-electron chi connectivity index (χ3n) is 2.93. The highest BCUT2D eigenvalue weighted by Crippen LogP contribution is 2.26. The SMILES string of the molecule is CC(C)(CNC(=O)NC(=O)CCCC(=O)O)c1cccs1. The molecule has 3 amide bonds. The highest BCUT2D eigenvalue weighted by Gasteiger charge is 2.22. The van der Waals surface area contributed by atoms with Crippen molar-refractivity contribution < 1.29 is 19.5 Å². The smallest absolute Gasteiger partial charge is 0.321 e. The summed E-state index contributed by atoms with van der Waals surface area (Å²) in [6.07, 6.45) is 0.156. The van der Waals surface area contributed by atoms with E-state index in [0.717, 1.165) is 4.88 Å². The Labute approximate surface area is 127 Å². The fourth-order valence-corrected chi connectivity index (χ4v) is 2.54. The Bertz CT molecular complexity index is 497. The second-order valence-electron chi connectivity index (χ2n) is 5.34. The van der Waals surface area contributed by atoms with E-state index < -0.39 is 17.9 Å². The van der Waals surface area contributed by atoms with Crippen molar-refractivity contribution in [2.24, 2.45) is 0 Å². The maximum Gasteiger partial charge on any atom is 0.321 e. The van der Waals surface area contributed by atoms with Gasteiger partial charge in [0.1, 0.15) is 0 Å². The molecule has 21 heavy (non-hydrogen) atoms. The number of carbonyl (C=O) groups excluding carboxylic acids is 2. The number of carbonyl (C=O) groups is 3. The molecule has 0 bridgehead atoms. The number of hydrogen-bond acceptors (Lipinski definition) is 4. The highest BCUT2D eigenvalue weighted by molar-refractivity contribution is 7.10. The molecule has 116 valence electrons. The lowest BCUT2D eigenvalue weighted by Gasteiger charge is -2.23. The number of nitrogens with one attached hydrogen (secondary N) is 2. The lowest BCUT2D eigenvalue weighted by molar-refractivity contribution is -0.137. The van der Waals surface area contributed by atoms with Crippen LogP contribution >= 0.6 is 11.3 Å². The van der Waals surface area contributed by atoms with Crippen LogP contribution in [0.5, 0.6) is 0 Å². The number of aliphatic carboxylic acids is 1. The standard InChI is InChI=1S/C14H20N2O4S/c1-14(2,10-5-4-8-21-10)9-15-13(20)16-11(17)6-3-7-12(18)19/h4-5,8H,3,6-7,9H2,1-2H3,(H,18,19)(H2,15,16,17,20). The van der Waals surface area contributed by atoms with E-state index in [1.165, 1.54) is 0 Å². The Morgan fingerprint density at radius 2 is 2.00 bits per heavy atom. The van der Waals surface area contributed by atoms with Gasteiger partial charge in [0, 0.05) is 29.7 Å². The van der Waals surface area contributed by atoms with Crippen LogP contribution in [0.15, 0.2) is 17.5 Å². The van der Waals surface area contributed by atoms with Gasteiger partial charge in [-0.3, -0.25) is 14.9 Å². The Hall–Kier alpha value is -1.89. The summed E-state index contributed by atoms with van der Waals surface area (Å²) in [5, 5.41) is 15.3. The molecule has 1 aromatic rings. The van der Waals surface area contributed by atoms with E-state index in [1.807, 2.05) is 31.4 Å². The van der Waals surface area contributed by atoms with E-state index in [-0.39, 0.29) is 24.7 Å². The van der Waals surface area contributed by atoms with Crippen molar-refractivity contribution in [2.45, 2.75) is 38.5 Å². The average Bonchev–Trinajstić information content (AvgIpc) is 2.90. The summed E-state index contributed by atoms with van der Waals surface area (Å²) >= 11 is 1.61. The zero-order valence-electron chi connectivity index (χ0n) is 12.1. The average molecular weight is 312 g/mol. The van der Waals surface area contributed by atoms with Crippen LogP contribution in [0, 0.1) is 0 Å². The zero-order chi connectivity index (χ0) is 15.9. The topological polar surface area (TPSA) is 95.5 Å². The van der Waals surface area contributed by atoms with Crippen molar-refractivity contribution in [3.8, 4) is 0 Å². The van der Waals surface area contributed by atoms with Crippen molar-refractivity contribution in [1.29, 1.82) is 0 Å². The van der Waals surface area contributed by atoms with Gasteiger partial charge in [-0.05, 0) is 17.9 Å². The van der Waals surface area contributed by atoms with E-state index in [2.05, 4.69) is 10.6 Å². The van der Waals surface area contributed by atoms with E-state index in [9.17, 15) is 14.4 Å². The van der Waals surface area contributed by atoms with Crippen LogP contribution in [0.3, 0.4) is 0 Å². The number of rotatable bonds is 7. The largest absolute Gasteiger partial charge is 0.481 e. The van der Waals surface area contributed by atoms with Crippen molar-refractivity contribution in [2.75, 3.05) is 6.54 Å². The van der Waals surface area contributed by atoms with Gasteiger partial charge in [0.15, 0.2) is 0 Å². The minimum Gasteiger partial charge on any atom is -0.481 e. The van der Waals surface area contributed by atoms with Gasteiger partial charge in [0.25, 0.3) is 0 Å². The van der Waals surface area contributed by atoms with E-state index >= 15 is 0 Å². The summed E-state index contributed by atoms with van der Waals surface area (Å²) in [6.45, 7) is 4.42. The molecule has 7 heteroatoms. The molecule has 0 radical (unpaired) electrons. The van der Waals surface area contributed by atoms with Crippen molar-refractivity contribution in [3.63, 3.8) is 0 Å². The molecule has 1 rings (SSSR count). The molecule has 6 nitrogen and oxygen atoms in total. The summed E-state index contributed by atoms with van der Waals surface area (Å²) in [4.78, 5) is 34.5. The molecule has 0 saturated carbocycles. The lowest BCUT2D eigenvalue weighted by Crippen LogP contribution is -2.44. The van der Waals surface area contributed by atoms with E-state index in [1.54, 1.807) is 11.3 Å².